The Hall–Kier alpha value is -1.06. The first kappa shape index (κ1) is 18.9. The standard InChI is InChI=1S/C16H30O4/c1-14(16(19)20)12-10-8-6-4-2-3-5-7-9-11-13-15(17)18/h14H,2-13H2,1H3,(H,17,18)(H,19,20). The predicted octanol–water partition coefficient (Wildman–Crippen LogP) is 4.47. The van der Waals surface area contributed by atoms with Crippen LogP contribution in [0.15, 0.2) is 0 Å². The van der Waals surface area contributed by atoms with Crippen molar-refractivity contribution in [3.8, 4) is 0 Å². The van der Waals surface area contributed by atoms with E-state index < -0.39 is 11.9 Å². The summed E-state index contributed by atoms with van der Waals surface area (Å²) in [5.74, 6) is -1.59. The molecule has 1 unspecified atom stereocenters. The van der Waals surface area contributed by atoms with Crippen LogP contribution in [0, 0.1) is 5.92 Å². The maximum atomic E-state index is 10.6. The van der Waals surface area contributed by atoms with E-state index in [2.05, 4.69) is 0 Å². The van der Waals surface area contributed by atoms with Crippen molar-refractivity contribution in [2.45, 2.75) is 84.0 Å². The normalized spacial score (nSPS) is 12.2. The van der Waals surface area contributed by atoms with Crippen LogP contribution in [0.3, 0.4) is 0 Å². The van der Waals surface area contributed by atoms with Crippen LogP contribution >= 0.6 is 0 Å². The first-order valence-electron chi connectivity index (χ1n) is 7.98. The van der Waals surface area contributed by atoms with Crippen molar-refractivity contribution in [1.82, 2.24) is 0 Å². The van der Waals surface area contributed by atoms with Crippen molar-refractivity contribution >= 4 is 11.9 Å². The summed E-state index contributed by atoms with van der Waals surface area (Å²) in [5.41, 5.74) is 0. The van der Waals surface area contributed by atoms with Crippen LogP contribution in [-0.2, 0) is 9.59 Å². The number of carboxylic acids is 2. The number of unbranched alkanes of at least 4 members (excludes halogenated alkanes) is 9. The van der Waals surface area contributed by atoms with E-state index in [0.717, 1.165) is 38.5 Å². The fourth-order valence-electron chi connectivity index (χ4n) is 2.26. The highest BCUT2D eigenvalue weighted by molar-refractivity contribution is 5.69. The first-order valence-corrected chi connectivity index (χ1v) is 7.98. The summed E-state index contributed by atoms with van der Waals surface area (Å²) in [6.07, 6.45) is 12.3. The third-order valence-electron chi connectivity index (χ3n) is 3.70. The monoisotopic (exact) mass is 286 g/mol. The molecular weight excluding hydrogens is 256 g/mol. The van der Waals surface area contributed by atoms with Gasteiger partial charge in [-0.15, -0.1) is 0 Å². The summed E-state index contributed by atoms with van der Waals surface area (Å²) in [5, 5.41) is 17.2. The highest BCUT2D eigenvalue weighted by Crippen LogP contribution is 2.14. The SMILES string of the molecule is CC(CCCCCCCCCCCCC(=O)O)C(=O)O. The molecule has 4 heteroatoms. The molecule has 118 valence electrons. The highest BCUT2D eigenvalue weighted by Gasteiger charge is 2.09. The Morgan fingerprint density at radius 1 is 0.750 bits per heavy atom. The van der Waals surface area contributed by atoms with E-state index in [9.17, 15) is 9.59 Å². The van der Waals surface area contributed by atoms with E-state index in [0.29, 0.717) is 6.42 Å². The molecule has 1 atom stereocenters. The number of hydrogen-bond acceptors (Lipinski definition) is 2. The average Bonchev–Trinajstić information content (AvgIpc) is 2.39. The van der Waals surface area contributed by atoms with Gasteiger partial charge in [0.15, 0.2) is 0 Å². The Balaban J connectivity index is 3.10. The second-order valence-electron chi connectivity index (χ2n) is 5.71. The van der Waals surface area contributed by atoms with Gasteiger partial charge in [-0.25, -0.2) is 0 Å². The van der Waals surface area contributed by atoms with Crippen LogP contribution in [0.25, 0.3) is 0 Å². The third kappa shape index (κ3) is 13.4. The molecule has 2 N–H and O–H groups in total. The molecular formula is C16H30O4. The number of aliphatic carboxylic acids is 2. The first-order chi connectivity index (χ1) is 9.54. The van der Waals surface area contributed by atoms with Gasteiger partial charge < -0.3 is 10.2 Å². The number of carboxylic acid groups (broad SMARTS) is 2. The molecule has 0 aliphatic heterocycles. The van der Waals surface area contributed by atoms with Gasteiger partial charge in [0.05, 0.1) is 5.92 Å². The molecule has 0 aliphatic rings. The van der Waals surface area contributed by atoms with E-state index in [1.807, 2.05) is 0 Å². The predicted molar refractivity (Wildman–Crippen MR) is 79.8 cm³/mol. The zero-order chi connectivity index (χ0) is 15.2. The molecule has 0 saturated carbocycles. The van der Waals surface area contributed by atoms with Crippen molar-refractivity contribution in [3.05, 3.63) is 0 Å². The molecule has 4 nitrogen and oxygen atoms in total. The van der Waals surface area contributed by atoms with Crippen LogP contribution in [0.5, 0.6) is 0 Å². The summed E-state index contributed by atoms with van der Waals surface area (Å²) in [6.45, 7) is 1.77. The molecule has 0 aromatic carbocycles. The second-order valence-corrected chi connectivity index (χ2v) is 5.71. The Kier molecular flexibility index (Phi) is 12.3. The molecule has 0 saturated heterocycles. The fourth-order valence-corrected chi connectivity index (χ4v) is 2.26. The van der Waals surface area contributed by atoms with Crippen LogP contribution in [0.4, 0.5) is 0 Å². The summed E-state index contributed by atoms with van der Waals surface area (Å²) in [6, 6.07) is 0. The van der Waals surface area contributed by atoms with Gasteiger partial charge >= 0.3 is 11.9 Å². The van der Waals surface area contributed by atoms with Gasteiger partial charge in [-0.3, -0.25) is 9.59 Å². The lowest BCUT2D eigenvalue weighted by molar-refractivity contribution is -0.141. The topological polar surface area (TPSA) is 74.6 Å². The van der Waals surface area contributed by atoms with Gasteiger partial charge in [0.25, 0.3) is 0 Å². The largest absolute Gasteiger partial charge is 0.481 e. The van der Waals surface area contributed by atoms with E-state index >= 15 is 0 Å². The number of hydrogen-bond donors (Lipinski definition) is 2. The summed E-state index contributed by atoms with van der Waals surface area (Å²) < 4.78 is 0. The third-order valence-corrected chi connectivity index (χ3v) is 3.70. The zero-order valence-electron chi connectivity index (χ0n) is 12.8. The molecule has 0 aliphatic carbocycles. The molecule has 0 aromatic rings. The minimum absolute atomic E-state index is 0.208. The lowest BCUT2D eigenvalue weighted by Crippen LogP contribution is -2.08. The summed E-state index contributed by atoms with van der Waals surface area (Å²) in [7, 11) is 0. The average molecular weight is 286 g/mol. The fraction of sp³-hybridized carbons (Fsp3) is 0.875. The van der Waals surface area contributed by atoms with E-state index in [4.69, 9.17) is 10.2 Å². The van der Waals surface area contributed by atoms with Gasteiger partial charge in [0.1, 0.15) is 0 Å². The highest BCUT2D eigenvalue weighted by atomic mass is 16.4. The van der Waals surface area contributed by atoms with Crippen molar-refractivity contribution < 1.29 is 19.8 Å². The minimum atomic E-state index is -0.692. The zero-order valence-corrected chi connectivity index (χ0v) is 12.8. The lowest BCUT2D eigenvalue weighted by Gasteiger charge is -2.05. The van der Waals surface area contributed by atoms with Gasteiger partial charge in [0.2, 0.25) is 0 Å². The van der Waals surface area contributed by atoms with Crippen molar-refractivity contribution in [3.63, 3.8) is 0 Å². The minimum Gasteiger partial charge on any atom is -0.481 e. The Morgan fingerprint density at radius 2 is 1.15 bits per heavy atom. The van der Waals surface area contributed by atoms with Gasteiger partial charge in [-0.2, -0.15) is 0 Å². The van der Waals surface area contributed by atoms with Crippen molar-refractivity contribution in [2.75, 3.05) is 0 Å². The Bertz CT molecular complexity index is 263. The maximum absolute atomic E-state index is 10.6. The van der Waals surface area contributed by atoms with Crippen LogP contribution in [0.1, 0.15) is 84.0 Å². The van der Waals surface area contributed by atoms with Gasteiger partial charge in [-0.05, 0) is 12.8 Å². The van der Waals surface area contributed by atoms with Crippen LogP contribution < -0.4 is 0 Å². The maximum Gasteiger partial charge on any atom is 0.306 e. The second kappa shape index (κ2) is 12.9. The van der Waals surface area contributed by atoms with E-state index in [-0.39, 0.29) is 5.92 Å². The molecule has 0 rings (SSSR count). The number of rotatable bonds is 14. The molecule has 0 bridgehead atoms. The van der Waals surface area contributed by atoms with Crippen LogP contribution in [0.2, 0.25) is 0 Å². The molecule has 0 radical (unpaired) electrons. The molecule has 0 fully saturated rings. The van der Waals surface area contributed by atoms with Gasteiger partial charge in [0, 0.05) is 6.42 Å². The molecule has 0 heterocycles. The lowest BCUT2D eigenvalue weighted by atomic mass is 10.0. The summed E-state index contributed by atoms with van der Waals surface area (Å²) in [4.78, 5) is 20.9. The molecule has 0 spiro atoms. The van der Waals surface area contributed by atoms with Crippen molar-refractivity contribution in [2.24, 2.45) is 5.92 Å². The van der Waals surface area contributed by atoms with E-state index in [1.54, 1.807) is 6.92 Å². The quantitative estimate of drug-likeness (QED) is 0.462. The molecule has 0 aromatic heterocycles. The van der Waals surface area contributed by atoms with E-state index in [1.165, 1.54) is 32.1 Å². The smallest absolute Gasteiger partial charge is 0.306 e. The molecule has 20 heavy (non-hydrogen) atoms. The Labute approximate surface area is 122 Å². The van der Waals surface area contributed by atoms with Crippen LogP contribution in [-0.4, -0.2) is 22.2 Å². The number of carbonyl (C=O) groups is 2. The van der Waals surface area contributed by atoms with Crippen molar-refractivity contribution in [1.29, 1.82) is 0 Å². The molecule has 0 amide bonds. The Morgan fingerprint density at radius 3 is 1.55 bits per heavy atom. The summed E-state index contributed by atoms with van der Waals surface area (Å²) >= 11 is 0. The van der Waals surface area contributed by atoms with Gasteiger partial charge in [-0.1, -0.05) is 64.7 Å².